The lowest BCUT2D eigenvalue weighted by atomic mass is 9.77. The van der Waals surface area contributed by atoms with Gasteiger partial charge in [0.1, 0.15) is 35.7 Å². The Kier molecular flexibility index (Phi) is 17.5. The van der Waals surface area contributed by atoms with Gasteiger partial charge in [0, 0.05) is 62.6 Å². The number of methoxy groups -OCH3 is 1. The fourth-order valence-electron chi connectivity index (χ4n) is 10.1. The molecule has 0 aliphatic carbocycles. The van der Waals surface area contributed by atoms with Crippen LogP contribution in [0.1, 0.15) is 94.9 Å². The average Bonchev–Trinajstić information content (AvgIpc) is 3.73. The standard InChI is InChI=1S/C46H78N6O12/c1-14-35-46(10,58)39(54)30(6)51(12)24-26(2)21-44(8,57)41(28(4)38(29(5)42(56)62-35)63-36-22-45(9,59-13)40(55)31(7)61-36)64-43-37(53)34(20-27(3)60-43)50(11)18-19-52-25-33(48-49-52)32-16-15-17-47-23-32/h15-17,23,25-31,34-41,43,53-55,57-58H,14,18-22,24H2,1-13H3/t26-,27-,28+,29-,30-,31+,34+,35-,36+,37-,38+,39-,40+,41-,43+,44-,45-,46-/m1/s1. The monoisotopic (exact) mass is 907 g/mol. The molecular formula is C46H78N6O12. The highest BCUT2D eigenvalue weighted by atomic mass is 16.7. The summed E-state index contributed by atoms with van der Waals surface area (Å²) in [6.45, 7) is 19.0. The Morgan fingerprint density at radius 3 is 2.34 bits per heavy atom. The number of ether oxygens (including phenoxy) is 6. The van der Waals surface area contributed by atoms with E-state index in [1.54, 1.807) is 58.6 Å². The average molecular weight is 907 g/mol. The zero-order chi connectivity index (χ0) is 47.5. The molecule has 5 rings (SSSR count). The SMILES string of the molecule is CC[C@H]1OC(=O)[C@H](C)[C@@H](O[C@H]2C[C@@](C)(OC)[C@@H](O)[C@H](C)O2)[C@H](C)[C@@H](O[C@@H]2O[C@H](C)C[C@H](N(C)CCn3cc(-c4cccnc4)nn3)[C@H]2O)[C@](C)(O)C[C@@H](C)CN(C)[C@H](C)[C@@H](O)[C@]1(C)O. The molecule has 3 aliphatic rings. The second kappa shape index (κ2) is 21.5. The van der Waals surface area contributed by atoms with Crippen LogP contribution in [-0.4, -0.2) is 186 Å². The molecule has 18 nitrogen and oxygen atoms in total. The van der Waals surface area contributed by atoms with Crippen LogP contribution in [0.5, 0.6) is 0 Å². The van der Waals surface area contributed by atoms with Gasteiger partial charge in [-0.2, -0.15) is 0 Å². The van der Waals surface area contributed by atoms with Gasteiger partial charge in [-0.25, -0.2) is 0 Å². The minimum atomic E-state index is -1.83. The molecule has 2 aromatic heterocycles. The van der Waals surface area contributed by atoms with E-state index in [-0.39, 0.29) is 31.3 Å². The van der Waals surface area contributed by atoms with Crippen LogP contribution < -0.4 is 0 Å². The van der Waals surface area contributed by atoms with Crippen LogP contribution in [0.25, 0.3) is 11.3 Å². The zero-order valence-corrected chi connectivity index (χ0v) is 40.3. The Labute approximate surface area is 379 Å². The number of rotatable bonds is 11. The fraction of sp³-hybridized carbons (Fsp3) is 0.826. The predicted molar refractivity (Wildman–Crippen MR) is 236 cm³/mol. The van der Waals surface area contributed by atoms with Gasteiger partial charge in [0.2, 0.25) is 0 Å². The topological polar surface area (TPSA) is 224 Å². The van der Waals surface area contributed by atoms with Crippen molar-refractivity contribution in [2.24, 2.45) is 17.8 Å². The molecule has 18 heteroatoms. The van der Waals surface area contributed by atoms with Gasteiger partial charge in [0.05, 0.1) is 54.3 Å². The Morgan fingerprint density at radius 2 is 1.70 bits per heavy atom. The van der Waals surface area contributed by atoms with Gasteiger partial charge in [-0.05, 0) is 99.9 Å². The van der Waals surface area contributed by atoms with Crippen LogP contribution in [-0.2, 0) is 39.8 Å². The van der Waals surface area contributed by atoms with E-state index in [4.69, 9.17) is 28.4 Å². The number of pyridine rings is 1. The number of aliphatic hydroxyl groups excluding tert-OH is 3. The maximum Gasteiger partial charge on any atom is 0.311 e. The summed E-state index contributed by atoms with van der Waals surface area (Å²) in [5.41, 5.74) is -2.94. The Hall–Kier alpha value is -2.72. The van der Waals surface area contributed by atoms with Crippen LogP contribution in [0, 0.1) is 17.8 Å². The molecule has 3 saturated heterocycles. The van der Waals surface area contributed by atoms with Crippen molar-refractivity contribution in [3.63, 3.8) is 0 Å². The normalized spacial score (nSPS) is 42.5. The van der Waals surface area contributed by atoms with Crippen LogP contribution >= 0.6 is 0 Å². The van der Waals surface area contributed by atoms with Gasteiger partial charge in [0.25, 0.3) is 0 Å². The molecule has 0 saturated carbocycles. The summed E-state index contributed by atoms with van der Waals surface area (Å²) in [4.78, 5) is 22.6. The molecule has 364 valence electrons. The van der Waals surface area contributed by atoms with E-state index in [0.717, 1.165) is 5.56 Å². The third-order valence-corrected chi connectivity index (χ3v) is 14.3. The maximum atomic E-state index is 14.4. The van der Waals surface area contributed by atoms with E-state index >= 15 is 0 Å². The molecule has 0 radical (unpaired) electrons. The summed E-state index contributed by atoms with van der Waals surface area (Å²) >= 11 is 0. The molecule has 0 unspecified atom stereocenters. The van der Waals surface area contributed by atoms with Crippen molar-refractivity contribution in [1.82, 2.24) is 29.8 Å². The number of hydrogen-bond acceptors (Lipinski definition) is 17. The van der Waals surface area contributed by atoms with Crippen molar-refractivity contribution in [1.29, 1.82) is 0 Å². The number of nitrogens with zero attached hydrogens (tertiary/aromatic N) is 6. The number of likely N-dealkylation sites (N-methyl/N-ethyl adjacent to an activating group) is 2. The van der Waals surface area contributed by atoms with Crippen LogP contribution in [0.4, 0.5) is 0 Å². The second-order valence-electron chi connectivity index (χ2n) is 19.8. The van der Waals surface area contributed by atoms with Gasteiger partial charge in [-0.3, -0.25) is 19.4 Å². The first-order valence-corrected chi connectivity index (χ1v) is 23.0. The van der Waals surface area contributed by atoms with E-state index in [9.17, 15) is 30.3 Å². The summed E-state index contributed by atoms with van der Waals surface area (Å²) in [5.74, 6) is -2.74. The molecule has 0 bridgehead atoms. The second-order valence-corrected chi connectivity index (χ2v) is 19.8. The lowest BCUT2D eigenvalue weighted by Gasteiger charge is -2.49. The molecule has 0 amide bonds. The summed E-state index contributed by atoms with van der Waals surface area (Å²) in [6, 6.07) is 2.79. The van der Waals surface area contributed by atoms with E-state index in [2.05, 4.69) is 15.3 Å². The van der Waals surface area contributed by atoms with Gasteiger partial charge in [0.15, 0.2) is 12.6 Å². The highest BCUT2D eigenvalue weighted by Crippen LogP contribution is 2.40. The highest BCUT2D eigenvalue weighted by molar-refractivity contribution is 5.73. The molecule has 64 heavy (non-hydrogen) atoms. The van der Waals surface area contributed by atoms with Crippen LogP contribution in [0.3, 0.4) is 0 Å². The minimum absolute atomic E-state index is 0.108. The van der Waals surface area contributed by atoms with Crippen molar-refractivity contribution < 1.29 is 58.7 Å². The number of esters is 1. The van der Waals surface area contributed by atoms with Crippen molar-refractivity contribution in [3.05, 3.63) is 30.7 Å². The van der Waals surface area contributed by atoms with E-state index in [0.29, 0.717) is 31.7 Å². The number of aromatic nitrogens is 4. The van der Waals surface area contributed by atoms with E-state index < -0.39 is 102 Å². The van der Waals surface area contributed by atoms with Crippen molar-refractivity contribution in [3.8, 4) is 11.3 Å². The molecule has 3 aliphatic heterocycles. The molecule has 0 aromatic carbocycles. The first-order chi connectivity index (χ1) is 29.9. The third-order valence-electron chi connectivity index (χ3n) is 14.3. The van der Waals surface area contributed by atoms with Gasteiger partial charge in [-0.15, -0.1) is 5.10 Å². The van der Waals surface area contributed by atoms with E-state index in [1.165, 1.54) is 14.0 Å². The predicted octanol–water partition coefficient (Wildman–Crippen LogP) is 2.62. The summed E-state index contributed by atoms with van der Waals surface area (Å²) in [5, 5.41) is 68.0. The first-order valence-electron chi connectivity index (χ1n) is 23.0. The Morgan fingerprint density at radius 1 is 1.00 bits per heavy atom. The largest absolute Gasteiger partial charge is 0.459 e. The lowest BCUT2D eigenvalue weighted by Crippen LogP contribution is -2.61. The number of hydrogen-bond donors (Lipinski definition) is 5. The van der Waals surface area contributed by atoms with Gasteiger partial charge < -0.3 is 58.9 Å². The molecule has 2 aromatic rings. The first kappa shape index (κ1) is 52.3. The van der Waals surface area contributed by atoms with Crippen LogP contribution in [0.2, 0.25) is 0 Å². The number of carbonyl (C=O) groups excluding carboxylic acids is 1. The fourth-order valence-corrected chi connectivity index (χ4v) is 10.1. The molecular weight excluding hydrogens is 829 g/mol. The van der Waals surface area contributed by atoms with Crippen molar-refractivity contribution >= 4 is 5.97 Å². The van der Waals surface area contributed by atoms with Crippen molar-refractivity contribution in [2.45, 2.75) is 192 Å². The number of carbonyl (C=O) groups is 1. The minimum Gasteiger partial charge on any atom is -0.459 e. The zero-order valence-electron chi connectivity index (χ0n) is 40.3. The smallest absolute Gasteiger partial charge is 0.311 e. The summed E-state index contributed by atoms with van der Waals surface area (Å²) in [7, 11) is 5.27. The molecule has 18 atom stereocenters. The van der Waals surface area contributed by atoms with Crippen LogP contribution in [0.15, 0.2) is 30.7 Å². The molecule has 5 heterocycles. The molecule has 5 N–H and O–H groups in total. The van der Waals surface area contributed by atoms with Crippen molar-refractivity contribution in [2.75, 3.05) is 34.3 Å². The Bertz CT molecular complexity index is 1770. The highest BCUT2D eigenvalue weighted by Gasteiger charge is 2.53. The number of aliphatic hydroxyl groups is 5. The number of cyclic esters (lactones) is 1. The molecule has 3 fully saturated rings. The lowest BCUT2D eigenvalue weighted by molar-refractivity contribution is -0.318. The quantitative estimate of drug-likeness (QED) is 0.205. The Balaban J connectivity index is 1.49. The summed E-state index contributed by atoms with van der Waals surface area (Å²) < 4.78 is 39.9. The van der Waals surface area contributed by atoms with Gasteiger partial charge >= 0.3 is 5.97 Å². The summed E-state index contributed by atoms with van der Waals surface area (Å²) in [6.07, 6.45) is -3.62. The maximum absolute atomic E-state index is 14.4. The third kappa shape index (κ3) is 11.9. The van der Waals surface area contributed by atoms with E-state index in [1.807, 2.05) is 63.0 Å². The molecule has 0 spiro atoms. The van der Waals surface area contributed by atoms with Gasteiger partial charge in [-0.1, -0.05) is 26.0 Å².